The maximum Gasteiger partial charge on any atom is 0.221 e. The third-order valence-electron chi connectivity index (χ3n) is 3.74. The predicted octanol–water partition coefficient (Wildman–Crippen LogP) is 4.13. The topological polar surface area (TPSA) is 80.6 Å². The molecule has 0 aromatic heterocycles. The van der Waals surface area contributed by atoms with Gasteiger partial charge in [0.25, 0.3) is 0 Å². The van der Waals surface area contributed by atoms with Gasteiger partial charge in [-0.2, -0.15) is 5.26 Å². The van der Waals surface area contributed by atoms with Crippen molar-refractivity contribution in [2.24, 2.45) is 0 Å². The Morgan fingerprint density at radius 1 is 1.11 bits per heavy atom. The minimum Gasteiger partial charge on any atom is -0.495 e. The number of carbonyl (C=O) groups is 1. The lowest BCUT2D eigenvalue weighted by Crippen LogP contribution is -2.07. The van der Waals surface area contributed by atoms with Crippen LogP contribution in [0.25, 0.3) is 11.6 Å². The summed E-state index contributed by atoms with van der Waals surface area (Å²) >= 11 is 0. The molecule has 6 nitrogen and oxygen atoms in total. The molecule has 140 valence electrons. The van der Waals surface area contributed by atoms with Gasteiger partial charge in [0.05, 0.1) is 38.2 Å². The highest BCUT2D eigenvalue weighted by Crippen LogP contribution is 2.32. The van der Waals surface area contributed by atoms with Crippen LogP contribution in [-0.2, 0) is 4.79 Å². The number of benzene rings is 2. The van der Waals surface area contributed by atoms with Gasteiger partial charge in [0, 0.05) is 6.92 Å². The average molecular weight is 366 g/mol. The van der Waals surface area contributed by atoms with Crippen molar-refractivity contribution in [3.05, 3.63) is 47.5 Å². The highest BCUT2D eigenvalue weighted by molar-refractivity contribution is 5.93. The predicted molar refractivity (Wildman–Crippen MR) is 105 cm³/mol. The summed E-state index contributed by atoms with van der Waals surface area (Å²) in [4.78, 5) is 11.4. The fourth-order valence-corrected chi connectivity index (χ4v) is 2.56. The maximum absolute atomic E-state index is 11.4. The lowest BCUT2D eigenvalue weighted by Gasteiger charge is -2.11. The number of rotatable bonds is 7. The van der Waals surface area contributed by atoms with Gasteiger partial charge in [-0.05, 0) is 54.5 Å². The van der Waals surface area contributed by atoms with E-state index in [1.807, 2.05) is 13.0 Å². The minimum absolute atomic E-state index is 0.202. The summed E-state index contributed by atoms with van der Waals surface area (Å²) in [7, 11) is 3.10. The number of ether oxygens (including phenoxy) is 3. The summed E-state index contributed by atoms with van der Waals surface area (Å²) < 4.78 is 16.1. The molecule has 6 heteroatoms. The van der Waals surface area contributed by atoms with E-state index in [1.54, 1.807) is 43.5 Å². The van der Waals surface area contributed by atoms with Gasteiger partial charge in [-0.25, -0.2) is 0 Å². The molecule has 0 unspecified atom stereocenters. The van der Waals surface area contributed by atoms with Crippen LogP contribution < -0.4 is 19.5 Å². The minimum atomic E-state index is -0.202. The summed E-state index contributed by atoms with van der Waals surface area (Å²) in [6.07, 6.45) is 1.74. The van der Waals surface area contributed by atoms with Crippen molar-refractivity contribution >= 4 is 23.2 Å². The molecule has 2 aromatic rings. The van der Waals surface area contributed by atoms with E-state index in [1.165, 1.54) is 14.0 Å². The molecule has 0 bridgehead atoms. The van der Waals surface area contributed by atoms with E-state index in [2.05, 4.69) is 11.4 Å². The Bertz CT molecular complexity index is 898. The molecular formula is C21H22N2O4. The van der Waals surface area contributed by atoms with Gasteiger partial charge in [0.15, 0.2) is 11.5 Å². The van der Waals surface area contributed by atoms with Crippen LogP contribution in [0.3, 0.4) is 0 Å². The molecular weight excluding hydrogens is 344 g/mol. The van der Waals surface area contributed by atoms with Crippen molar-refractivity contribution in [2.45, 2.75) is 13.8 Å². The Kier molecular flexibility index (Phi) is 6.84. The number of methoxy groups -OCH3 is 2. The molecule has 27 heavy (non-hydrogen) atoms. The van der Waals surface area contributed by atoms with Crippen molar-refractivity contribution in [3.8, 4) is 23.3 Å². The smallest absolute Gasteiger partial charge is 0.221 e. The largest absolute Gasteiger partial charge is 0.495 e. The Morgan fingerprint density at radius 2 is 1.81 bits per heavy atom. The number of nitrogens with zero attached hydrogens (tertiary/aromatic N) is 1. The second kappa shape index (κ2) is 9.30. The second-order valence-corrected chi connectivity index (χ2v) is 5.61. The molecule has 0 radical (unpaired) electrons. The van der Waals surface area contributed by atoms with Crippen LogP contribution in [0.4, 0.5) is 5.69 Å². The summed E-state index contributed by atoms with van der Waals surface area (Å²) in [5.41, 5.74) is 2.46. The second-order valence-electron chi connectivity index (χ2n) is 5.61. The molecule has 0 atom stereocenters. The Balaban J connectivity index is 2.45. The number of hydrogen-bond acceptors (Lipinski definition) is 5. The Hall–Kier alpha value is -3.46. The van der Waals surface area contributed by atoms with Crippen molar-refractivity contribution in [1.29, 1.82) is 5.26 Å². The van der Waals surface area contributed by atoms with Crippen molar-refractivity contribution in [2.75, 3.05) is 26.1 Å². The van der Waals surface area contributed by atoms with Crippen LogP contribution in [0.5, 0.6) is 17.2 Å². The average Bonchev–Trinajstić information content (AvgIpc) is 2.66. The van der Waals surface area contributed by atoms with Crippen molar-refractivity contribution < 1.29 is 19.0 Å². The van der Waals surface area contributed by atoms with E-state index >= 15 is 0 Å². The van der Waals surface area contributed by atoms with Crippen LogP contribution in [0, 0.1) is 11.3 Å². The summed E-state index contributed by atoms with van der Waals surface area (Å²) in [5.74, 6) is 1.53. The van der Waals surface area contributed by atoms with Crippen LogP contribution >= 0.6 is 0 Å². The molecule has 0 heterocycles. The van der Waals surface area contributed by atoms with Crippen LogP contribution in [0.1, 0.15) is 25.0 Å². The molecule has 0 aliphatic heterocycles. The van der Waals surface area contributed by atoms with Gasteiger partial charge in [-0.1, -0.05) is 6.07 Å². The van der Waals surface area contributed by atoms with Crippen LogP contribution in [0.2, 0.25) is 0 Å². The number of amides is 1. The number of nitrogens with one attached hydrogen (secondary N) is 1. The van der Waals surface area contributed by atoms with Gasteiger partial charge < -0.3 is 19.5 Å². The van der Waals surface area contributed by atoms with Gasteiger partial charge in [0.2, 0.25) is 5.91 Å². The zero-order valence-corrected chi connectivity index (χ0v) is 15.8. The third-order valence-corrected chi connectivity index (χ3v) is 3.74. The van der Waals surface area contributed by atoms with E-state index in [4.69, 9.17) is 14.2 Å². The van der Waals surface area contributed by atoms with Gasteiger partial charge >= 0.3 is 0 Å². The molecule has 0 saturated carbocycles. The quantitative estimate of drug-likeness (QED) is 0.589. The fraction of sp³-hybridized carbons (Fsp3) is 0.238. The standard InChI is InChI=1S/C21H22N2O4/c1-5-27-21-12-16(7-9-20(21)26-4)17(13-22)10-15-6-8-19(25-3)18(11-15)23-14(2)24/h6-12H,5H2,1-4H3,(H,23,24). The van der Waals surface area contributed by atoms with E-state index in [-0.39, 0.29) is 5.91 Å². The first kappa shape index (κ1) is 19.9. The molecule has 2 aromatic carbocycles. The number of nitriles is 1. The molecule has 0 aliphatic rings. The Labute approximate surface area is 159 Å². The van der Waals surface area contributed by atoms with E-state index < -0.39 is 0 Å². The lowest BCUT2D eigenvalue weighted by atomic mass is 10.0. The highest BCUT2D eigenvalue weighted by Gasteiger charge is 2.10. The summed E-state index contributed by atoms with van der Waals surface area (Å²) in [5, 5.41) is 12.3. The molecule has 2 rings (SSSR count). The van der Waals surface area contributed by atoms with E-state index in [0.29, 0.717) is 40.7 Å². The zero-order valence-electron chi connectivity index (χ0n) is 15.8. The first-order valence-corrected chi connectivity index (χ1v) is 8.41. The van der Waals surface area contributed by atoms with Gasteiger partial charge in [-0.15, -0.1) is 0 Å². The summed E-state index contributed by atoms with van der Waals surface area (Å²) in [6.45, 7) is 3.80. The normalized spacial score (nSPS) is 10.7. The fourth-order valence-electron chi connectivity index (χ4n) is 2.56. The Morgan fingerprint density at radius 3 is 2.41 bits per heavy atom. The van der Waals surface area contributed by atoms with Gasteiger partial charge in [0.1, 0.15) is 5.75 Å². The molecule has 1 amide bonds. The van der Waals surface area contributed by atoms with Crippen molar-refractivity contribution in [1.82, 2.24) is 0 Å². The summed E-state index contributed by atoms with van der Waals surface area (Å²) in [6, 6.07) is 12.9. The maximum atomic E-state index is 11.4. The lowest BCUT2D eigenvalue weighted by molar-refractivity contribution is -0.114. The van der Waals surface area contributed by atoms with E-state index in [9.17, 15) is 10.1 Å². The molecule has 0 spiro atoms. The monoisotopic (exact) mass is 366 g/mol. The first-order valence-electron chi connectivity index (χ1n) is 8.41. The zero-order chi connectivity index (χ0) is 19.8. The van der Waals surface area contributed by atoms with Gasteiger partial charge in [-0.3, -0.25) is 4.79 Å². The number of hydrogen-bond donors (Lipinski definition) is 1. The van der Waals surface area contributed by atoms with E-state index in [0.717, 1.165) is 5.56 Å². The number of carbonyl (C=O) groups excluding carboxylic acids is 1. The highest BCUT2D eigenvalue weighted by atomic mass is 16.5. The SMILES string of the molecule is CCOc1cc(C(C#N)=Cc2ccc(OC)c(NC(C)=O)c2)ccc1OC. The third kappa shape index (κ3) is 5.02. The molecule has 0 fully saturated rings. The molecule has 0 saturated heterocycles. The molecule has 0 aliphatic carbocycles. The first-order chi connectivity index (χ1) is 13.0. The van der Waals surface area contributed by atoms with Crippen LogP contribution in [0.15, 0.2) is 36.4 Å². The van der Waals surface area contributed by atoms with Crippen molar-refractivity contribution in [3.63, 3.8) is 0 Å². The van der Waals surface area contributed by atoms with Crippen LogP contribution in [-0.4, -0.2) is 26.7 Å². The molecule has 1 N–H and O–H groups in total. The number of anilines is 1. The number of allylic oxidation sites excluding steroid dienone is 1.